The van der Waals surface area contributed by atoms with Crippen molar-refractivity contribution in [2.24, 2.45) is 5.92 Å². The van der Waals surface area contributed by atoms with E-state index < -0.39 is 0 Å². The zero-order valence-corrected chi connectivity index (χ0v) is 11.1. The summed E-state index contributed by atoms with van der Waals surface area (Å²) >= 11 is 0. The predicted molar refractivity (Wildman–Crippen MR) is 71.7 cm³/mol. The molecule has 0 bridgehead atoms. The van der Waals surface area contributed by atoms with Gasteiger partial charge in [0, 0.05) is 0 Å². The summed E-state index contributed by atoms with van der Waals surface area (Å²) in [7, 11) is 0. The number of rotatable bonds is 5. The lowest BCUT2D eigenvalue weighted by Gasteiger charge is -2.20. The predicted octanol–water partition coefficient (Wildman–Crippen LogP) is 1.86. The quantitative estimate of drug-likeness (QED) is 0.847. The van der Waals surface area contributed by atoms with Crippen LogP contribution < -0.4 is 5.32 Å². The minimum atomic E-state index is 0.0409. The second-order valence-corrected chi connectivity index (χ2v) is 5.10. The van der Waals surface area contributed by atoms with Crippen LogP contribution in [0.15, 0.2) is 18.5 Å². The van der Waals surface area contributed by atoms with Crippen molar-refractivity contribution in [3.8, 4) is 0 Å². The lowest BCUT2D eigenvalue weighted by atomic mass is 10.0. The monoisotopic (exact) mass is 248 g/mol. The summed E-state index contributed by atoms with van der Waals surface area (Å²) in [5.41, 5.74) is 1.94. The van der Waals surface area contributed by atoms with Crippen molar-refractivity contribution in [2.45, 2.75) is 33.2 Å². The second kappa shape index (κ2) is 5.35. The second-order valence-electron chi connectivity index (χ2n) is 5.10. The van der Waals surface area contributed by atoms with Crippen molar-refractivity contribution < 1.29 is 5.11 Å². The molecule has 0 aliphatic heterocycles. The number of aliphatic hydroxyl groups is 1. The summed E-state index contributed by atoms with van der Waals surface area (Å²) < 4.78 is 1.76. The first kappa shape index (κ1) is 12.8. The van der Waals surface area contributed by atoms with Crippen LogP contribution in [-0.4, -0.2) is 32.4 Å². The molecule has 98 valence electrons. The van der Waals surface area contributed by atoms with Crippen LogP contribution in [-0.2, 0) is 0 Å². The molecule has 1 atom stereocenters. The maximum Gasteiger partial charge on any atom is 0.157 e. The average Bonchev–Trinajstić information content (AvgIpc) is 2.75. The molecule has 2 aromatic rings. The Morgan fingerprint density at radius 1 is 1.39 bits per heavy atom. The van der Waals surface area contributed by atoms with Crippen LogP contribution in [0.5, 0.6) is 0 Å². The first-order valence-electron chi connectivity index (χ1n) is 6.28. The van der Waals surface area contributed by atoms with Gasteiger partial charge in [-0.05, 0) is 37.0 Å². The fourth-order valence-electron chi connectivity index (χ4n) is 2.12. The normalized spacial score (nSPS) is 13.2. The number of fused-ring (bicyclic) bond motifs is 1. The molecule has 0 amide bonds. The van der Waals surface area contributed by atoms with E-state index in [1.165, 1.54) is 6.33 Å². The molecule has 0 aromatic carbocycles. The minimum Gasteiger partial charge on any atom is -0.394 e. The van der Waals surface area contributed by atoms with Crippen LogP contribution in [0.3, 0.4) is 0 Å². The van der Waals surface area contributed by atoms with Gasteiger partial charge in [-0.3, -0.25) is 0 Å². The molecule has 1 unspecified atom stereocenters. The Morgan fingerprint density at radius 2 is 2.17 bits per heavy atom. The van der Waals surface area contributed by atoms with E-state index in [1.54, 1.807) is 4.52 Å². The molecule has 2 heterocycles. The van der Waals surface area contributed by atoms with Crippen molar-refractivity contribution in [3.63, 3.8) is 0 Å². The van der Waals surface area contributed by atoms with Gasteiger partial charge in [0.25, 0.3) is 0 Å². The van der Waals surface area contributed by atoms with Crippen LogP contribution in [0.2, 0.25) is 0 Å². The van der Waals surface area contributed by atoms with Gasteiger partial charge in [-0.25, -0.2) is 4.98 Å². The molecule has 5 nitrogen and oxygen atoms in total. The van der Waals surface area contributed by atoms with Gasteiger partial charge < -0.3 is 10.4 Å². The number of nitrogens with zero attached hydrogens (tertiary/aromatic N) is 3. The van der Waals surface area contributed by atoms with Crippen LogP contribution in [0.4, 0.5) is 5.82 Å². The van der Waals surface area contributed by atoms with E-state index in [-0.39, 0.29) is 12.6 Å². The number of aromatic nitrogens is 3. The number of aliphatic hydroxyl groups excluding tert-OH is 1. The zero-order chi connectivity index (χ0) is 13.1. The standard InChI is InChI=1S/C13H20N4O/c1-9(2)4-11(7-18)16-13-6-10(3)5-12-14-8-15-17(12)13/h5-6,8-9,11,16,18H,4,7H2,1-3H3. The van der Waals surface area contributed by atoms with Gasteiger partial charge in [-0.2, -0.15) is 9.61 Å². The van der Waals surface area contributed by atoms with E-state index in [0.29, 0.717) is 5.92 Å². The molecule has 0 radical (unpaired) electrons. The third-order valence-electron chi connectivity index (χ3n) is 2.85. The molecule has 0 fully saturated rings. The van der Waals surface area contributed by atoms with E-state index >= 15 is 0 Å². The van der Waals surface area contributed by atoms with Crippen LogP contribution >= 0.6 is 0 Å². The molecule has 2 aromatic heterocycles. The summed E-state index contributed by atoms with van der Waals surface area (Å²) in [6, 6.07) is 4.04. The largest absolute Gasteiger partial charge is 0.394 e. The van der Waals surface area contributed by atoms with Gasteiger partial charge in [0.1, 0.15) is 12.1 Å². The number of nitrogens with one attached hydrogen (secondary N) is 1. The zero-order valence-electron chi connectivity index (χ0n) is 11.1. The number of hydrogen-bond donors (Lipinski definition) is 2. The van der Waals surface area contributed by atoms with Gasteiger partial charge in [0.2, 0.25) is 0 Å². The molecular formula is C13H20N4O. The van der Waals surface area contributed by atoms with Crippen molar-refractivity contribution in [3.05, 3.63) is 24.0 Å². The maximum atomic E-state index is 9.42. The Bertz CT molecular complexity index is 521. The summed E-state index contributed by atoms with van der Waals surface area (Å²) in [5.74, 6) is 1.41. The maximum absolute atomic E-state index is 9.42. The van der Waals surface area contributed by atoms with Gasteiger partial charge in [0.15, 0.2) is 5.65 Å². The van der Waals surface area contributed by atoms with E-state index in [9.17, 15) is 5.11 Å². The number of aryl methyl sites for hydroxylation is 1. The van der Waals surface area contributed by atoms with Crippen molar-refractivity contribution in [1.29, 1.82) is 0 Å². The molecule has 0 saturated carbocycles. The molecule has 0 aliphatic carbocycles. The van der Waals surface area contributed by atoms with E-state index in [1.807, 2.05) is 19.1 Å². The molecule has 18 heavy (non-hydrogen) atoms. The Balaban J connectivity index is 2.26. The number of anilines is 1. The van der Waals surface area contributed by atoms with Crippen molar-refractivity contribution in [1.82, 2.24) is 14.6 Å². The highest BCUT2D eigenvalue weighted by Crippen LogP contribution is 2.16. The highest BCUT2D eigenvalue weighted by atomic mass is 16.3. The van der Waals surface area contributed by atoms with Crippen molar-refractivity contribution >= 4 is 11.5 Å². The lowest BCUT2D eigenvalue weighted by Crippen LogP contribution is -2.26. The van der Waals surface area contributed by atoms with E-state index in [4.69, 9.17) is 0 Å². The van der Waals surface area contributed by atoms with Crippen LogP contribution in [0, 0.1) is 12.8 Å². The Hall–Kier alpha value is -1.62. The Labute approximate surface area is 107 Å². The summed E-state index contributed by atoms with van der Waals surface area (Å²) in [5, 5.41) is 16.9. The smallest absolute Gasteiger partial charge is 0.157 e. The van der Waals surface area contributed by atoms with Gasteiger partial charge >= 0.3 is 0 Å². The van der Waals surface area contributed by atoms with Crippen LogP contribution in [0.1, 0.15) is 25.8 Å². The average molecular weight is 248 g/mol. The summed E-state index contributed by atoms with van der Waals surface area (Å²) in [6.45, 7) is 6.43. The topological polar surface area (TPSA) is 62.5 Å². The first-order valence-corrected chi connectivity index (χ1v) is 6.28. The first-order chi connectivity index (χ1) is 8.60. The van der Waals surface area contributed by atoms with E-state index in [0.717, 1.165) is 23.4 Å². The van der Waals surface area contributed by atoms with Crippen molar-refractivity contribution in [2.75, 3.05) is 11.9 Å². The van der Waals surface area contributed by atoms with Crippen LogP contribution in [0.25, 0.3) is 5.65 Å². The molecular weight excluding hydrogens is 228 g/mol. The Morgan fingerprint density at radius 3 is 2.83 bits per heavy atom. The molecule has 0 saturated heterocycles. The fraction of sp³-hybridized carbons (Fsp3) is 0.538. The summed E-state index contributed by atoms with van der Waals surface area (Å²) in [4.78, 5) is 4.18. The molecule has 0 aliphatic rings. The molecule has 5 heteroatoms. The third-order valence-corrected chi connectivity index (χ3v) is 2.85. The van der Waals surface area contributed by atoms with Gasteiger partial charge in [0.05, 0.1) is 12.6 Å². The molecule has 2 N–H and O–H groups in total. The van der Waals surface area contributed by atoms with Gasteiger partial charge in [-0.1, -0.05) is 13.8 Å². The minimum absolute atomic E-state index is 0.0409. The molecule has 2 rings (SSSR count). The number of pyridine rings is 1. The highest BCUT2D eigenvalue weighted by Gasteiger charge is 2.12. The number of hydrogen-bond acceptors (Lipinski definition) is 4. The summed E-state index contributed by atoms with van der Waals surface area (Å²) in [6.07, 6.45) is 2.46. The highest BCUT2D eigenvalue weighted by molar-refractivity contribution is 5.51. The van der Waals surface area contributed by atoms with Gasteiger partial charge in [-0.15, -0.1) is 0 Å². The fourth-order valence-corrected chi connectivity index (χ4v) is 2.12. The Kier molecular flexibility index (Phi) is 3.81. The van der Waals surface area contributed by atoms with E-state index in [2.05, 4.69) is 29.2 Å². The lowest BCUT2D eigenvalue weighted by molar-refractivity contribution is 0.259. The third kappa shape index (κ3) is 2.79. The SMILES string of the molecule is Cc1cc(NC(CO)CC(C)C)n2ncnc2c1. The molecule has 0 spiro atoms.